The summed E-state index contributed by atoms with van der Waals surface area (Å²) in [5.41, 5.74) is 3.34. The number of hydrogen-bond acceptors (Lipinski definition) is 4. The number of halogens is 1. The first-order chi connectivity index (χ1) is 14.3. The fourth-order valence-corrected chi connectivity index (χ4v) is 3.19. The molecule has 0 aliphatic rings. The molecule has 0 aromatic heterocycles. The van der Waals surface area contributed by atoms with Crippen LogP contribution in [0, 0.1) is 13.8 Å². The number of nitrogens with one attached hydrogen (secondary N) is 1. The van der Waals surface area contributed by atoms with Crippen molar-refractivity contribution >= 4 is 34.9 Å². The number of ether oxygens (including phenoxy) is 1. The summed E-state index contributed by atoms with van der Waals surface area (Å²) in [6.45, 7) is 3.39. The molecule has 0 aliphatic carbocycles. The number of hydrogen-bond donors (Lipinski definition) is 1. The molecule has 0 fully saturated rings. The van der Waals surface area contributed by atoms with Crippen molar-refractivity contribution in [2.24, 2.45) is 0 Å². The van der Waals surface area contributed by atoms with Gasteiger partial charge in [-0.25, -0.2) is 4.79 Å². The quantitative estimate of drug-likeness (QED) is 0.450. The Labute approximate surface area is 179 Å². The van der Waals surface area contributed by atoms with Gasteiger partial charge < -0.3 is 10.1 Å². The van der Waals surface area contributed by atoms with Crippen molar-refractivity contribution in [1.82, 2.24) is 0 Å². The normalized spacial score (nSPS) is 10.4. The van der Waals surface area contributed by atoms with Crippen LogP contribution < -0.4 is 5.32 Å². The average Bonchev–Trinajstić information content (AvgIpc) is 2.71. The number of anilines is 1. The lowest BCUT2D eigenvalue weighted by Gasteiger charge is -2.10. The molecule has 3 aromatic carbocycles. The third kappa shape index (κ3) is 5.33. The number of carbonyl (C=O) groups is 3. The zero-order chi connectivity index (χ0) is 21.7. The second kappa shape index (κ2) is 9.37. The van der Waals surface area contributed by atoms with Crippen molar-refractivity contribution in [3.63, 3.8) is 0 Å². The van der Waals surface area contributed by atoms with E-state index in [1.165, 1.54) is 6.07 Å². The number of esters is 1. The molecule has 0 spiro atoms. The second-order valence-corrected chi connectivity index (χ2v) is 7.32. The predicted molar refractivity (Wildman–Crippen MR) is 116 cm³/mol. The molecule has 0 atom stereocenters. The maximum atomic E-state index is 12.8. The van der Waals surface area contributed by atoms with E-state index in [0.717, 1.165) is 11.1 Å². The molecule has 30 heavy (non-hydrogen) atoms. The topological polar surface area (TPSA) is 72.5 Å². The van der Waals surface area contributed by atoms with E-state index in [4.69, 9.17) is 16.3 Å². The Morgan fingerprint density at radius 2 is 1.47 bits per heavy atom. The van der Waals surface area contributed by atoms with Gasteiger partial charge in [0, 0.05) is 21.8 Å². The van der Waals surface area contributed by atoms with Crippen LogP contribution >= 0.6 is 11.6 Å². The van der Waals surface area contributed by atoms with Crippen LogP contribution in [0.5, 0.6) is 0 Å². The largest absolute Gasteiger partial charge is 0.452 e. The van der Waals surface area contributed by atoms with Crippen LogP contribution in [0.4, 0.5) is 5.69 Å². The molecular formula is C24H20ClNO4. The van der Waals surface area contributed by atoms with E-state index in [1.807, 2.05) is 32.0 Å². The van der Waals surface area contributed by atoms with Gasteiger partial charge in [0.2, 0.25) is 0 Å². The fourth-order valence-electron chi connectivity index (χ4n) is 3.07. The monoisotopic (exact) mass is 421 g/mol. The van der Waals surface area contributed by atoms with E-state index in [2.05, 4.69) is 5.32 Å². The highest BCUT2D eigenvalue weighted by atomic mass is 35.5. The summed E-state index contributed by atoms with van der Waals surface area (Å²) in [7, 11) is 0. The molecule has 1 N–H and O–H groups in total. The Morgan fingerprint density at radius 3 is 2.10 bits per heavy atom. The van der Waals surface area contributed by atoms with Gasteiger partial charge in [-0.15, -0.1) is 0 Å². The minimum Gasteiger partial charge on any atom is -0.452 e. The van der Waals surface area contributed by atoms with Crippen molar-refractivity contribution in [1.29, 1.82) is 0 Å². The highest BCUT2D eigenvalue weighted by Crippen LogP contribution is 2.18. The highest BCUT2D eigenvalue weighted by molar-refractivity contribution is 6.30. The summed E-state index contributed by atoms with van der Waals surface area (Å²) < 4.78 is 5.14. The van der Waals surface area contributed by atoms with Crippen LogP contribution in [0.1, 0.15) is 37.4 Å². The number of ketones is 1. The smallest absolute Gasteiger partial charge is 0.339 e. The molecule has 0 bridgehead atoms. The number of aryl methyl sites for hydroxylation is 2. The number of rotatable bonds is 6. The van der Waals surface area contributed by atoms with Gasteiger partial charge in [0.15, 0.2) is 12.4 Å². The molecule has 3 aromatic rings. The SMILES string of the molecule is Cc1cc(C)cc(NC(=O)COC(=O)c2ccccc2C(=O)c2ccc(Cl)cc2)c1. The molecule has 0 heterocycles. The standard InChI is InChI=1S/C24H20ClNO4/c1-15-11-16(2)13-19(12-15)26-22(27)14-30-24(29)21-6-4-3-5-20(21)23(28)17-7-9-18(25)10-8-17/h3-13H,14H2,1-2H3,(H,26,27). The van der Waals surface area contributed by atoms with E-state index < -0.39 is 18.5 Å². The van der Waals surface area contributed by atoms with Gasteiger partial charge in [-0.3, -0.25) is 9.59 Å². The van der Waals surface area contributed by atoms with Gasteiger partial charge >= 0.3 is 5.97 Å². The third-order valence-electron chi connectivity index (χ3n) is 4.34. The summed E-state index contributed by atoms with van der Waals surface area (Å²) in [4.78, 5) is 37.5. The first-order valence-electron chi connectivity index (χ1n) is 9.28. The molecule has 5 nitrogen and oxygen atoms in total. The van der Waals surface area contributed by atoms with E-state index in [0.29, 0.717) is 16.3 Å². The number of carbonyl (C=O) groups excluding carboxylic acids is 3. The molecule has 6 heteroatoms. The minimum atomic E-state index is -0.747. The van der Waals surface area contributed by atoms with Crippen LogP contribution in [0.25, 0.3) is 0 Å². The van der Waals surface area contributed by atoms with Crippen molar-refractivity contribution in [2.45, 2.75) is 13.8 Å². The highest BCUT2D eigenvalue weighted by Gasteiger charge is 2.20. The molecule has 0 radical (unpaired) electrons. The van der Waals surface area contributed by atoms with Crippen molar-refractivity contribution in [3.8, 4) is 0 Å². The molecule has 3 rings (SSSR count). The van der Waals surface area contributed by atoms with Gasteiger partial charge in [0.25, 0.3) is 5.91 Å². The molecule has 152 valence electrons. The predicted octanol–water partition coefficient (Wildman–Crippen LogP) is 4.98. The first kappa shape index (κ1) is 21.3. The summed E-state index contributed by atoms with van der Waals surface area (Å²) >= 11 is 5.87. The summed E-state index contributed by atoms with van der Waals surface area (Å²) in [5, 5.41) is 3.21. The van der Waals surface area contributed by atoms with E-state index >= 15 is 0 Å². The molecule has 0 saturated heterocycles. The van der Waals surface area contributed by atoms with Crippen LogP contribution in [0.2, 0.25) is 5.02 Å². The van der Waals surface area contributed by atoms with Crippen molar-refractivity contribution in [3.05, 3.63) is 99.6 Å². The van der Waals surface area contributed by atoms with Crippen molar-refractivity contribution < 1.29 is 19.1 Å². The molecule has 0 saturated carbocycles. The number of amides is 1. The lowest BCUT2D eigenvalue weighted by Crippen LogP contribution is -2.22. The first-order valence-corrected chi connectivity index (χ1v) is 9.66. The van der Waals surface area contributed by atoms with Crippen LogP contribution in [-0.2, 0) is 9.53 Å². The Hall–Kier alpha value is -3.44. The minimum absolute atomic E-state index is 0.0941. The fraction of sp³-hybridized carbons (Fsp3) is 0.125. The Bertz CT molecular complexity index is 1090. The molecule has 0 aliphatic heterocycles. The van der Waals surface area contributed by atoms with E-state index in [9.17, 15) is 14.4 Å². The van der Waals surface area contributed by atoms with Gasteiger partial charge in [-0.1, -0.05) is 35.9 Å². The van der Waals surface area contributed by atoms with E-state index in [1.54, 1.807) is 42.5 Å². The summed E-state index contributed by atoms with van der Waals surface area (Å²) in [6.07, 6.45) is 0. The summed E-state index contributed by atoms with van der Waals surface area (Å²) in [6, 6.07) is 18.4. The van der Waals surface area contributed by atoms with Gasteiger partial charge in [0.1, 0.15) is 0 Å². The Balaban J connectivity index is 1.69. The van der Waals surface area contributed by atoms with Crippen LogP contribution in [0.15, 0.2) is 66.7 Å². The molecule has 1 amide bonds. The summed E-state index contributed by atoms with van der Waals surface area (Å²) in [5.74, 6) is -1.54. The zero-order valence-electron chi connectivity index (χ0n) is 16.6. The van der Waals surface area contributed by atoms with E-state index in [-0.39, 0.29) is 16.9 Å². The van der Waals surface area contributed by atoms with Gasteiger partial charge in [-0.05, 0) is 67.4 Å². The zero-order valence-corrected chi connectivity index (χ0v) is 17.3. The molecular weight excluding hydrogens is 402 g/mol. The number of benzene rings is 3. The van der Waals surface area contributed by atoms with Crippen LogP contribution in [0.3, 0.4) is 0 Å². The van der Waals surface area contributed by atoms with Gasteiger partial charge in [-0.2, -0.15) is 0 Å². The molecule has 0 unspecified atom stereocenters. The maximum absolute atomic E-state index is 12.8. The van der Waals surface area contributed by atoms with Crippen LogP contribution in [-0.4, -0.2) is 24.3 Å². The average molecular weight is 422 g/mol. The van der Waals surface area contributed by atoms with Gasteiger partial charge in [0.05, 0.1) is 5.56 Å². The lowest BCUT2D eigenvalue weighted by molar-refractivity contribution is -0.119. The maximum Gasteiger partial charge on any atom is 0.339 e. The third-order valence-corrected chi connectivity index (χ3v) is 4.59. The Kier molecular flexibility index (Phi) is 6.65. The van der Waals surface area contributed by atoms with Crippen molar-refractivity contribution in [2.75, 3.05) is 11.9 Å². The second-order valence-electron chi connectivity index (χ2n) is 6.88. The lowest BCUT2D eigenvalue weighted by atomic mass is 9.98. The Morgan fingerprint density at radius 1 is 0.867 bits per heavy atom.